The Morgan fingerprint density at radius 1 is 0.762 bits per heavy atom. The normalized spacial score (nSPS) is 12.4. The molecule has 1 aromatic rings. The van der Waals surface area contributed by atoms with Crippen molar-refractivity contribution < 1.29 is 9.47 Å². The minimum Gasteiger partial charge on any atom is -0.354 e. The molecule has 21 heavy (non-hydrogen) atoms. The largest absolute Gasteiger partial charge is 0.354 e. The average Bonchev–Trinajstić information content (AvgIpc) is 2.59. The highest BCUT2D eigenvalue weighted by atomic mass is 16.7. The van der Waals surface area contributed by atoms with Crippen LogP contribution >= 0.6 is 0 Å². The number of hydrogen-bond acceptors (Lipinski definition) is 2. The summed E-state index contributed by atoms with van der Waals surface area (Å²) in [5.74, 6) is -0.417. The summed E-state index contributed by atoms with van der Waals surface area (Å²) in [6.07, 6.45) is 5.38. The van der Waals surface area contributed by atoms with E-state index in [1.807, 2.05) is 41.5 Å². The van der Waals surface area contributed by atoms with Crippen molar-refractivity contribution >= 4 is 0 Å². The van der Waals surface area contributed by atoms with E-state index in [1.54, 1.807) is 25.3 Å². The van der Waals surface area contributed by atoms with Gasteiger partial charge in [0.05, 0.1) is 0 Å². The number of methoxy groups -OCH3 is 2. The molecule has 0 N–H and O–H groups in total. The van der Waals surface area contributed by atoms with Crippen molar-refractivity contribution in [2.45, 2.75) is 73.0 Å². The van der Waals surface area contributed by atoms with Crippen LogP contribution in [0.1, 0.15) is 65.5 Å². The standard InChI is InChI=1S/C10H12.C5H12O2.2C2H6/c1-2-6-10-8-4-3-7-9(10)5-1;1-5(2,6-3)7-4;2*1-2/h1-2,5-6H,3-4,7-8H2;1-4H3;2*1-2H3. The van der Waals surface area contributed by atoms with Gasteiger partial charge in [0, 0.05) is 14.2 Å². The first kappa shape index (κ1) is 22.4. The number of hydrogen-bond donors (Lipinski definition) is 0. The maximum Gasteiger partial charge on any atom is 0.161 e. The second-order valence-corrected chi connectivity index (χ2v) is 4.78. The third-order valence-corrected chi connectivity index (χ3v) is 3.24. The van der Waals surface area contributed by atoms with E-state index in [9.17, 15) is 0 Å². The minimum atomic E-state index is -0.417. The molecular formula is C19H36O2. The SMILES string of the molecule is CC.CC.COC(C)(C)OC.c1ccc2c(c1)CCCC2. The van der Waals surface area contributed by atoms with Crippen LogP contribution in [0.2, 0.25) is 0 Å². The first-order chi connectivity index (χ1) is 10.1. The van der Waals surface area contributed by atoms with Gasteiger partial charge in [-0.15, -0.1) is 0 Å². The summed E-state index contributed by atoms with van der Waals surface area (Å²) in [6.45, 7) is 11.7. The van der Waals surface area contributed by atoms with Crippen LogP contribution in [0.4, 0.5) is 0 Å². The van der Waals surface area contributed by atoms with Crippen LogP contribution in [0.15, 0.2) is 24.3 Å². The molecule has 2 nitrogen and oxygen atoms in total. The van der Waals surface area contributed by atoms with Crippen LogP contribution in [0.3, 0.4) is 0 Å². The molecule has 0 saturated heterocycles. The highest BCUT2D eigenvalue weighted by Crippen LogP contribution is 2.19. The number of fused-ring (bicyclic) bond motifs is 1. The van der Waals surface area contributed by atoms with Gasteiger partial charge in [0.2, 0.25) is 0 Å². The number of ether oxygens (including phenoxy) is 2. The van der Waals surface area contributed by atoms with Crippen molar-refractivity contribution in [1.29, 1.82) is 0 Å². The molecule has 1 aliphatic rings. The van der Waals surface area contributed by atoms with Crippen molar-refractivity contribution in [3.63, 3.8) is 0 Å². The van der Waals surface area contributed by atoms with E-state index in [0.717, 1.165) is 0 Å². The van der Waals surface area contributed by atoms with Crippen LogP contribution in [-0.2, 0) is 22.3 Å². The van der Waals surface area contributed by atoms with E-state index < -0.39 is 5.79 Å². The van der Waals surface area contributed by atoms with E-state index in [1.165, 1.54) is 25.7 Å². The zero-order valence-electron chi connectivity index (χ0n) is 15.5. The predicted octanol–water partition coefficient (Wildman–Crippen LogP) is 5.63. The molecule has 0 spiro atoms. The van der Waals surface area contributed by atoms with Crippen LogP contribution in [0, 0.1) is 0 Å². The lowest BCUT2D eigenvalue weighted by Crippen LogP contribution is -2.24. The quantitative estimate of drug-likeness (QED) is 0.658. The summed E-state index contributed by atoms with van der Waals surface area (Å²) in [5.41, 5.74) is 3.16. The Morgan fingerprint density at radius 2 is 1.10 bits per heavy atom. The van der Waals surface area contributed by atoms with Crippen molar-refractivity contribution in [2.24, 2.45) is 0 Å². The zero-order valence-corrected chi connectivity index (χ0v) is 15.5. The molecule has 1 aromatic carbocycles. The van der Waals surface area contributed by atoms with Crippen molar-refractivity contribution in [3.05, 3.63) is 35.4 Å². The van der Waals surface area contributed by atoms with Crippen LogP contribution < -0.4 is 0 Å². The average molecular weight is 296 g/mol. The lowest BCUT2D eigenvalue weighted by atomic mass is 9.92. The van der Waals surface area contributed by atoms with Crippen LogP contribution in [0.5, 0.6) is 0 Å². The smallest absolute Gasteiger partial charge is 0.161 e. The molecule has 0 saturated carbocycles. The molecule has 0 unspecified atom stereocenters. The summed E-state index contributed by atoms with van der Waals surface area (Å²) < 4.78 is 9.73. The molecule has 0 bridgehead atoms. The van der Waals surface area contributed by atoms with Gasteiger partial charge in [-0.2, -0.15) is 0 Å². The highest BCUT2D eigenvalue weighted by Gasteiger charge is 2.12. The van der Waals surface area contributed by atoms with Gasteiger partial charge < -0.3 is 9.47 Å². The fourth-order valence-electron chi connectivity index (χ4n) is 1.76. The summed E-state index contributed by atoms with van der Waals surface area (Å²) in [5, 5.41) is 0. The Labute approximate surface area is 132 Å². The van der Waals surface area contributed by atoms with Gasteiger partial charge in [-0.05, 0) is 50.7 Å². The molecule has 2 rings (SSSR count). The molecule has 0 heterocycles. The molecule has 0 atom stereocenters. The predicted molar refractivity (Wildman–Crippen MR) is 93.9 cm³/mol. The molecule has 1 aliphatic carbocycles. The minimum absolute atomic E-state index is 0.417. The van der Waals surface area contributed by atoms with Gasteiger partial charge in [0.1, 0.15) is 0 Å². The molecule has 0 amide bonds. The maximum atomic E-state index is 4.86. The first-order valence-corrected chi connectivity index (χ1v) is 8.26. The topological polar surface area (TPSA) is 18.5 Å². The molecule has 124 valence electrons. The molecular weight excluding hydrogens is 260 g/mol. The van der Waals surface area contributed by atoms with Gasteiger partial charge in [0.25, 0.3) is 0 Å². The number of aryl methyl sites for hydroxylation is 2. The summed E-state index contributed by atoms with van der Waals surface area (Å²) in [4.78, 5) is 0. The fourth-order valence-corrected chi connectivity index (χ4v) is 1.76. The number of rotatable bonds is 2. The van der Waals surface area contributed by atoms with Crippen LogP contribution in [-0.4, -0.2) is 20.0 Å². The van der Waals surface area contributed by atoms with E-state index in [2.05, 4.69) is 24.3 Å². The maximum absolute atomic E-state index is 4.86. The van der Waals surface area contributed by atoms with Crippen molar-refractivity contribution in [1.82, 2.24) is 0 Å². The summed E-state index contributed by atoms with van der Waals surface area (Å²) in [7, 11) is 3.23. The second kappa shape index (κ2) is 14.1. The molecule has 0 aromatic heterocycles. The third-order valence-electron chi connectivity index (χ3n) is 3.24. The van der Waals surface area contributed by atoms with Gasteiger partial charge in [-0.25, -0.2) is 0 Å². The summed E-state index contributed by atoms with van der Waals surface area (Å²) in [6, 6.07) is 8.80. The first-order valence-electron chi connectivity index (χ1n) is 8.26. The fraction of sp³-hybridized carbons (Fsp3) is 0.684. The van der Waals surface area contributed by atoms with E-state index in [0.29, 0.717) is 0 Å². The van der Waals surface area contributed by atoms with Gasteiger partial charge in [0.15, 0.2) is 5.79 Å². The van der Waals surface area contributed by atoms with Crippen molar-refractivity contribution in [2.75, 3.05) is 14.2 Å². The monoisotopic (exact) mass is 296 g/mol. The molecule has 0 fully saturated rings. The lowest BCUT2D eigenvalue weighted by Gasteiger charge is -2.19. The zero-order chi connectivity index (χ0) is 16.7. The highest BCUT2D eigenvalue weighted by molar-refractivity contribution is 5.28. The number of benzene rings is 1. The Kier molecular flexibility index (Phi) is 15.0. The Bertz CT molecular complexity index is 301. The van der Waals surface area contributed by atoms with E-state index in [-0.39, 0.29) is 0 Å². The van der Waals surface area contributed by atoms with Gasteiger partial charge in [-0.3, -0.25) is 0 Å². The van der Waals surface area contributed by atoms with Crippen molar-refractivity contribution in [3.8, 4) is 0 Å². The van der Waals surface area contributed by atoms with Gasteiger partial charge in [-0.1, -0.05) is 52.0 Å². The van der Waals surface area contributed by atoms with E-state index >= 15 is 0 Å². The second-order valence-electron chi connectivity index (χ2n) is 4.78. The van der Waals surface area contributed by atoms with Gasteiger partial charge >= 0.3 is 0 Å². The molecule has 2 heteroatoms. The molecule has 0 aliphatic heterocycles. The summed E-state index contributed by atoms with van der Waals surface area (Å²) >= 11 is 0. The molecule has 0 radical (unpaired) electrons. The van der Waals surface area contributed by atoms with E-state index in [4.69, 9.17) is 9.47 Å². The van der Waals surface area contributed by atoms with Crippen LogP contribution in [0.25, 0.3) is 0 Å². The Balaban J connectivity index is 0. The Morgan fingerprint density at radius 3 is 1.33 bits per heavy atom. The third kappa shape index (κ3) is 10.5. The Hall–Kier alpha value is -0.860. The lowest BCUT2D eigenvalue weighted by molar-refractivity contribution is -0.178.